The van der Waals surface area contributed by atoms with Gasteiger partial charge in [-0.2, -0.15) is 5.10 Å². The van der Waals surface area contributed by atoms with Crippen LogP contribution in [0.25, 0.3) is 22.8 Å². The van der Waals surface area contributed by atoms with Crippen molar-refractivity contribution in [3.8, 4) is 28.5 Å². The van der Waals surface area contributed by atoms with Crippen molar-refractivity contribution >= 4 is 17.5 Å². The van der Waals surface area contributed by atoms with E-state index in [1.165, 1.54) is 0 Å². The van der Waals surface area contributed by atoms with Gasteiger partial charge < -0.3 is 9.64 Å². The highest BCUT2D eigenvalue weighted by Crippen LogP contribution is 2.31. The molecular formula is C30H32ClN5O2. The van der Waals surface area contributed by atoms with Crippen molar-refractivity contribution < 1.29 is 9.53 Å². The molecule has 5 rings (SSSR count). The summed E-state index contributed by atoms with van der Waals surface area (Å²) in [5.41, 5.74) is 4.56. The highest BCUT2D eigenvalue weighted by atomic mass is 35.5. The molecule has 0 N–H and O–H groups in total. The summed E-state index contributed by atoms with van der Waals surface area (Å²) in [6.07, 6.45) is 7.79. The molecular weight excluding hydrogens is 498 g/mol. The van der Waals surface area contributed by atoms with Gasteiger partial charge in [-0.1, -0.05) is 42.1 Å². The molecule has 4 aromatic rings. The number of hydrogen-bond acceptors (Lipinski definition) is 5. The molecule has 0 spiro atoms. The second-order valence-electron chi connectivity index (χ2n) is 9.82. The quantitative estimate of drug-likeness (QED) is 0.265. The third kappa shape index (κ3) is 5.43. The molecule has 0 saturated heterocycles. The number of methoxy groups -OCH3 is 1. The predicted molar refractivity (Wildman–Crippen MR) is 149 cm³/mol. The van der Waals surface area contributed by atoms with Gasteiger partial charge in [0.25, 0.3) is 5.91 Å². The molecule has 196 valence electrons. The van der Waals surface area contributed by atoms with Crippen molar-refractivity contribution in [1.82, 2.24) is 24.6 Å². The summed E-state index contributed by atoms with van der Waals surface area (Å²) in [5, 5.41) is 5.36. The van der Waals surface area contributed by atoms with Crippen molar-refractivity contribution in [3.05, 3.63) is 82.6 Å². The van der Waals surface area contributed by atoms with E-state index in [4.69, 9.17) is 26.4 Å². The first-order chi connectivity index (χ1) is 18.4. The highest BCUT2D eigenvalue weighted by molar-refractivity contribution is 6.32. The van der Waals surface area contributed by atoms with Gasteiger partial charge in [-0.3, -0.25) is 9.78 Å². The van der Waals surface area contributed by atoms with Crippen LogP contribution in [0.5, 0.6) is 5.75 Å². The summed E-state index contributed by atoms with van der Waals surface area (Å²) >= 11 is 6.46. The van der Waals surface area contributed by atoms with Gasteiger partial charge in [-0.25, -0.2) is 9.67 Å². The summed E-state index contributed by atoms with van der Waals surface area (Å²) in [7, 11) is 1.59. The highest BCUT2D eigenvalue weighted by Gasteiger charge is 2.29. The van der Waals surface area contributed by atoms with Crippen LogP contribution < -0.4 is 4.74 Å². The lowest BCUT2D eigenvalue weighted by Crippen LogP contribution is -2.41. The van der Waals surface area contributed by atoms with Gasteiger partial charge in [-0.05, 0) is 68.7 Å². The molecule has 1 saturated carbocycles. The standard InChI is InChI=1S/C30H32ClN5O2/c1-20-8-9-21(2)25(18-20)30(37)35(24-6-4-5-7-24)16-17-36-29(23-10-11-27(38-3)26(31)19-23)33-28(34-36)22-12-14-32-15-13-22/h8-15,18-19,24H,4-7,16-17H2,1-3H3. The number of carbonyl (C=O) groups excluding carboxylic acids is 1. The number of halogens is 1. The van der Waals surface area contributed by atoms with Crippen LogP contribution in [0.3, 0.4) is 0 Å². The van der Waals surface area contributed by atoms with Crippen LogP contribution in [-0.2, 0) is 6.54 Å². The van der Waals surface area contributed by atoms with E-state index in [-0.39, 0.29) is 11.9 Å². The van der Waals surface area contributed by atoms with Gasteiger partial charge in [0.15, 0.2) is 11.6 Å². The van der Waals surface area contributed by atoms with Crippen LogP contribution in [0.15, 0.2) is 60.9 Å². The number of hydrogen-bond donors (Lipinski definition) is 0. The molecule has 0 atom stereocenters. The first-order valence-corrected chi connectivity index (χ1v) is 13.4. The van der Waals surface area contributed by atoms with Crippen LogP contribution in [-0.4, -0.2) is 50.3 Å². The molecule has 0 bridgehead atoms. The van der Waals surface area contributed by atoms with E-state index >= 15 is 0 Å². The Morgan fingerprint density at radius 3 is 2.53 bits per heavy atom. The average molecular weight is 530 g/mol. The summed E-state index contributed by atoms with van der Waals surface area (Å²) in [5.74, 6) is 1.97. The molecule has 8 heteroatoms. The Kier molecular flexibility index (Phi) is 7.74. The Hall–Kier alpha value is -3.71. The first kappa shape index (κ1) is 25.9. The molecule has 1 fully saturated rings. The average Bonchev–Trinajstić information content (AvgIpc) is 3.61. The number of pyridine rings is 1. The fourth-order valence-electron chi connectivity index (χ4n) is 5.13. The van der Waals surface area contributed by atoms with E-state index in [1.54, 1.807) is 19.5 Å². The lowest BCUT2D eigenvalue weighted by atomic mass is 10.0. The Morgan fingerprint density at radius 2 is 1.82 bits per heavy atom. The summed E-state index contributed by atoms with van der Waals surface area (Å²) in [6, 6.07) is 15.7. The van der Waals surface area contributed by atoms with Crippen LogP contribution in [0.1, 0.15) is 47.2 Å². The zero-order chi connectivity index (χ0) is 26.6. The third-order valence-corrected chi connectivity index (χ3v) is 7.52. The van der Waals surface area contributed by atoms with E-state index in [2.05, 4.69) is 4.98 Å². The van der Waals surface area contributed by atoms with Gasteiger partial charge in [-0.15, -0.1) is 0 Å². The Bertz CT molecular complexity index is 1430. The van der Waals surface area contributed by atoms with Gasteiger partial charge in [0.1, 0.15) is 5.75 Å². The maximum absolute atomic E-state index is 13.9. The van der Waals surface area contributed by atoms with Crippen molar-refractivity contribution in [1.29, 1.82) is 0 Å². The van der Waals surface area contributed by atoms with E-state index in [0.717, 1.165) is 53.5 Å². The molecule has 2 aromatic carbocycles. The van der Waals surface area contributed by atoms with Gasteiger partial charge >= 0.3 is 0 Å². The topological polar surface area (TPSA) is 73.1 Å². The van der Waals surface area contributed by atoms with Gasteiger partial charge in [0.2, 0.25) is 0 Å². The molecule has 0 unspecified atom stereocenters. The molecule has 1 aliphatic rings. The molecule has 0 aliphatic heterocycles. The number of carbonyl (C=O) groups is 1. The molecule has 2 aromatic heterocycles. The fraction of sp³-hybridized carbons (Fsp3) is 0.333. The summed E-state index contributed by atoms with van der Waals surface area (Å²) < 4.78 is 7.22. The zero-order valence-electron chi connectivity index (χ0n) is 22.0. The van der Waals surface area contributed by atoms with Crippen molar-refractivity contribution in [2.45, 2.75) is 52.1 Å². The normalized spacial score (nSPS) is 13.6. The third-order valence-electron chi connectivity index (χ3n) is 7.22. The Morgan fingerprint density at radius 1 is 1.05 bits per heavy atom. The van der Waals surface area contributed by atoms with Crippen LogP contribution in [0.2, 0.25) is 5.02 Å². The minimum absolute atomic E-state index is 0.0848. The van der Waals surface area contributed by atoms with Crippen molar-refractivity contribution in [2.75, 3.05) is 13.7 Å². The second kappa shape index (κ2) is 11.4. The van der Waals surface area contributed by atoms with E-state index in [1.807, 2.05) is 72.0 Å². The number of aromatic nitrogens is 4. The SMILES string of the molecule is COc1ccc(-c2nc(-c3ccncc3)nn2CCN(C(=O)c2cc(C)ccc2C)C2CCCC2)cc1Cl. The molecule has 2 heterocycles. The van der Waals surface area contributed by atoms with Crippen molar-refractivity contribution in [3.63, 3.8) is 0 Å². The molecule has 1 amide bonds. The van der Waals surface area contributed by atoms with E-state index < -0.39 is 0 Å². The second-order valence-corrected chi connectivity index (χ2v) is 10.2. The van der Waals surface area contributed by atoms with Gasteiger partial charge in [0.05, 0.1) is 18.7 Å². The Balaban J connectivity index is 1.49. The smallest absolute Gasteiger partial charge is 0.254 e. The number of rotatable bonds is 8. The first-order valence-electron chi connectivity index (χ1n) is 13.0. The number of benzene rings is 2. The van der Waals surface area contributed by atoms with E-state index in [9.17, 15) is 4.79 Å². The number of amides is 1. The largest absolute Gasteiger partial charge is 0.495 e. The lowest BCUT2D eigenvalue weighted by Gasteiger charge is -2.30. The zero-order valence-corrected chi connectivity index (χ0v) is 22.8. The van der Waals surface area contributed by atoms with Crippen LogP contribution in [0, 0.1) is 13.8 Å². The van der Waals surface area contributed by atoms with Crippen molar-refractivity contribution in [2.24, 2.45) is 0 Å². The number of ether oxygens (including phenoxy) is 1. The maximum atomic E-state index is 13.9. The number of nitrogens with zero attached hydrogens (tertiary/aromatic N) is 5. The fourth-order valence-corrected chi connectivity index (χ4v) is 5.39. The lowest BCUT2D eigenvalue weighted by molar-refractivity contribution is 0.0671. The molecule has 0 radical (unpaired) electrons. The minimum atomic E-state index is 0.0848. The molecule has 7 nitrogen and oxygen atoms in total. The molecule has 38 heavy (non-hydrogen) atoms. The minimum Gasteiger partial charge on any atom is -0.495 e. The predicted octanol–water partition coefficient (Wildman–Crippen LogP) is 6.37. The monoisotopic (exact) mass is 529 g/mol. The summed E-state index contributed by atoms with van der Waals surface area (Å²) in [4.78, 5) is 24.9. The van der Waals surface area contributed by atoms with Crippen LogP contribution in [0.4, 0.5) is 0 Å². The number of aryl methyl sites for hydroxylation is 2. The summed E-state index contributed by atoms with van der Waals surface area (Å²) in [6.45, 7) is 5.07. The van der Waals surface area contributed by atoms with E-state index in [0.29, 0.717) is 35.5 Å². The van der Waals surface area contributed by atoms with Crippen LogP contribution >= 0.6 is 11.6 Å². The Labute approximate surface area is 228 Å². The molecule has 1 aliphatic carbocycles. The van der Waals surface area contributed by atoms with Gasteiger partial charge in [0, 0.05) is 41.7 Å². The maximum Gasteiger partial charge on any atom is 0.254 e.